The molecule has 31 heavy (non-hydrogen) atoms. The Hall–Kier alpha value is -2.67. The zero-order valence-corrected chi connectivity index (χ0v) is 19.2. The molecule has 1 aliphatic carbocycles. The van der Waals surface area contributed by atoms with Crippen molar-refractivity contribution in [3.8, 4) is 11.4 Å². The summed E-state index contributed by atoms with van der Waals surface area (Å²) in [5.74, 6) is 1.34. The van der Waals surface area contributed by atoms with Crippen LogP contribution in [-0.4, -0.2) is 30.4 Å². The standard InChI is InChI=1S/C24H29N5OS/c1-4-29-21(19-11-15-25-16-12-19)27-28-23(29)31-24(13-5-6-14-24)22(30)26-20-9-7-18(8-10-20)17(2)3/h7-12,15-17H,4-6,13-14H2,1-3H3,(H,26,30). The molecular weight excluding hydrogens is 406 g/mol. The minimum absolute atomic E-state index is 0.0587. The minimum Gasteiger partial charge on any atom is -0.325 e. The van der Waals surface area contributed by atoms with Gasteiger partial charge in [-0.25, -0.2) is 0 Å². The average Bonchev–Trinajstić information content (AvgIpc) is 3.42. The normalized spacial score (nSPS) is 15.4. The molecule has 0 atom stereocenters. The predicted molar refractivity (Wildman–Crippen MR) is 125 cm³/mol. The smallest absolute Gasteiger partial charge is 0.241 e. The average molecular weight is 436 g/mol. The maximum absolute atomic E-state index is 13.4. The number of nitrogens with zero attached hydrogens (tertiary/aromatic N) is 4. The van der Waals surface area contributed by atoms with Crippen molar-refractivity contribution in [2.75, 3.05) is 5.32 Å². The summed E-state index contributed by atoms with van der Waals surface area (Å²) in [6, 6.07) is 12.0. The van der Waals surface area contributed by atoms with E-state index < -0.39 is 4.75 Å². The van der Waals surface area contributed by atoms with Crippen LogP contribution < -0.4 is 5.32 Å². The topological polar surface area (TPSA) is 72.7 Å². The third-order valence-electron chi connectivity index (χ3n) is 5.92. The fourth-order valence-corrected chi connectivity index (χ4v) is 5.45. The number of carbonyl (C=O) groups is 1. The third kappa shape index (κ3) is 4.51. The van der Waals surface area contributed by atoms with Crippen molar-refractivity contribution in [1.29, 1.82) is 0 Å². The van der Waals surface area contributed by atoms with Crippen LogP contribution in [0.2, 0.25) is 0 Å². The van der Waals surface area contributed by atoms with E-state index in [0.29, 0.717) is 5.92 Å². The van der Waals surface area contributed by atoms with Gasteiger partial charge in [0.15, 0.2) is 11.0 Å². The maximum atomic E-state index is 13.4. The maximum Gasteiger partial charge on any atom is 0.241 e. The van der Waals surface area contributed by atoms with Crippen LogP contribution in [0.5, 0.6) is 0 Å². The summed E-state index contributed by atoms with van der Waals surface area (Å²) in [5, 5.41) is 12.9. The molecule has 6 nitrogen and oxygen atoms in total. The molecule has 2 heterocycles. The van der Waals surface area contributed by atoms with Crippen molar-refractivity contribution in [2.24, 2.45) is 0 Å². The first-order chi connectivity index (χ1) is 15.0. The van der Waals surface area contributed by atoms with Gasteiger partial charge >= 0.3 is 0 Å². The predicted octanol–water partition coefficient (Wildman–Crippen LogP) is 5.53. The summed E-state index contributed by atoms with van der Waals surface area (Å²) in [4.78, 5) is 17.5. The molecule has 1 N–H and O–H groups in total. The fraction of sp³-hybridized carbons (Fsp3) is 0.417. The SMILES string of the molecule is CCn1c(SC2(C(=O)Nc3ccc(C(C)C)cc3)CCCC2)nnc1-c1ccncc1. The molecule has 0 saturated heterocycles. The molecule has 1 aromatic carbocycles. The Balaban J connectivity index is 1.57. The van der Waals surface area contributed by atoms with Crippen molar-refractivity contribution < 1.29 is 4.79 Å². The molecule has 162 valence electrons. The first kappa shape index (κ1) is 21.6. The second-order valence-electron chi connectivity index (χ2n) is 8.32. The molecule has 4 rings (SSSR count). The van der Waals surface area contributed by atoms with Gasteiger partial charge in [-0.05, 0) is 55.5 Å². The van der Waals surface area contributed by atoms with E-state index >= 15 is 0 Å². The van der Waals surface area contributed by atoms with Crippen LogP contribution in [-0.2, 0) is 11.3 Å². The Morgan fingerprint density at radius 1 is 1.10 bits per heavy atom. The Morgan fingerprint density at radius 3 is 2.39 bits per heavy atom. The van der Waals surface area contributed by atoms with E-state index in [1.807, 2.05) is 24.3 Å². The van der Waals surface area contributed by atoms with E-state index in [2.05, 4.69) is 58.0 Å². The second kappa shape index (κ2) is 9.22. The van der Waals surface area contributed by atoms with Gasteiger partial charge in [-0.1, -0.05) is 50.6 Å². The summed E-state index contributed by atoms with van der Waals surface area (Å²) in [5.41, 5.74) is 3.09. The van der Waals surface area contributed by atoms with Gasteiger partial charge in [0.1, 0.15) is 4.75 Å². The van der Waals surface area contributed by atoms with Gasteiger partial charge in [0, 0.05) is 30.2 Å². The third-order valence-corrected chi connectivity index (χ3v) is 7.39. The zero-order valence-electron chi connectivity index (χ0n) is 18.3. The number of hydrogen-bond donors (Lipinski definition) is 1. The van der Waals surface area contributed by atoms with Gasteiger partial charge in [-0.3, -0.25) is 9.78 Å². The van der Waals surface area contributed by atoms with Gasteiger partial charge in [0.25, 0.3) is 0 Å². The van der Waals surface area contributed by atoms with Crippen molar-refractivity contribution >= 4 is 23.4 Å². The molecule has 7 heteroatoms. The number of carbonyl (C=O) groups excluding carboxylic acids is 1. The number of rotatable bonds is 7. The lowest BCUT2D eigenvalue weighted by Gasteiger charge is -2.26. The molecular formula is C24H29N5OS. The number of pyridine rings is 1. The molecule has 1 aliphatic rings. The molecule has 1 amide bonds. The van der Waals surface area contributed by atoms with Gasteiger partial charge in [-0.15, -0.1) is 10.2 Å². The molecule has 1 saturated carbocycles. The van der Waals surface area contributed by atoms with Gasteiger partial charge in [0.05, 0.1) is 0 Å². The van der Waals surface area contributed by atoms with Crippen molar-refractivity contribution in [3.05, 3.63) is 54.4 Å². The summed E-state index contributed by atoms with van der Waals surface area (Å²) < 4.78 is 1.57. The van der Waals surface area contributed by atoms with Crippen molar-refractivity contribution in [1.82, 2.24) is 19.7 Å². The van der Waals surface area contributed by atoms with Crippen LogP contribution in [0.1, 0.15) is 57.9 Å². The van der Waals surface area contributed by atoms with Crippen LogP contribution in [0.4, 0.5) is 5.69 Å². The number of nitrogens with one attached hydrogen (secondary N) is 1. The molecule has 0 aliphatic heterocycles. The van der Waals surface area contributed by atoms with Crippen LogP contribution >= 0.6 is 11.8 Å². The van der Waals surface area contributed by atoms with E-state index in [1.54, 1.807) is 24.2 Å². The summed E-state index contributed by atoms with van der Waals surface area (Å²) >= 11 is 1.56. The lowest BCUT2D eigenvalue weighted by Crippen LogP contribution is -2.37. The molecule has 0 bridgehead atoms. The number of anilines is 1. The molecule has 3 aromatic rings. The van der Waals surface area contributed by atoms with Gasteiger partial charge in [0.2, 0.25) is 5.91 Å². The van der Waals surface area contributed by atoms with E-state index in [4.69, 9.17) is 0 Å². The van der Waals surface area contributed by atoms with E-state index in [1.165, 1.54) is 5.56 Å². The number of benzene rings is 1. The van der Waals surface area contributed by atoms with Crippen molar-refractivity contribution in [2.45, 2.75) is 68.8 Å². The number of aromatic nitrogens is 4. The molecule has 0 unspecified atom stereocenters. The van der Waals surface area contributed by atoms with Crippen LogP contribution in [0.3, 0.4) is 0 Å². The summed E-state index contributed by atoms with van der Waals surface area (Å²) in [7, 11) is 0. The Morgan fingerprint density at radius 2 is 1.77 bits per heavy atom. The van der Waals surface area contributed by atoms with Crippen LogP contribution in [0.25, 0.3) is 11.4 Å². The second-order valence-corrected chi connectivity index (χ2v) is 9.67. The van der Waals surface area contributed by atoms with Gasteiger partial charge in [-0.2, -0.15) is 0 Å². The highest BCUT2D eigenvalue weighted by molar-refractivity contribution is 8.01. The lowest BCUT2D eigenvalue weighted by atomic mass is 10.0. The molecule has 2 aromatic heterocycles. The Labute approximate surface area is 187 Å². The molecule has 0 radical (unpaired) electrons. The first-order valence-electron chi connectivity index (χ1n) is 11.0. The fourth-order valence-electron chi connectivity index (χ4n) is 4.06. The van der Waals surface area contributed by atoms with Gasteiger partial charge < -0.3 is 9.88 Å². The van der Waals surface area contributed by atoms with Crippen LogP contribution in [0.15, 0.2) is 53.9 Å². The highest BCUT2D eigenvalue weighted by Crippen LogP contribution is 2.46. The summed E-state index contributed by atoms with van der Waals surface area (Å²) in [6.45, 7) is 7.15. The van der Waals surface area contributed by atoms with E-state index in [9.17, 15) is 4.79 Å². The first-order valence-corrected chi connectivity index (χ1v) is 11.8. The number of hydrogen-bond acceptors (Lipinski definition) is 5. The van der Waals surface area contributed by atoms with Crippen LogP contribution in [0, 0.1) is 0 Å². The van der Waals surface area contributed by atoms with E-state index in [0.717, 1.165) is 54.5 Å². The molecule has 0 spiro atoms. The molecule has 1 fully saturated rings. The Kier molecular flexibility index (Phi) is 6.41. The highest BCUT2D eigenvalue weighted by atomic mass is 32.2. The largest absolute Gasteiger partial charge is 0.325 e. The lowest BCUT2D eigenvalue weighted by molar-refractivity contribution is -0.118. The van der Waals surface area contributed by atoms with E-state index in [-0.39, 0.29) is 5.91 Å². The number of thioether (sulfide) groups is 1. The quantitative estimate of drug-likeness (QED) is 0.528. The number of amides is 1. The summed E-state index contributed by atoms with van der Waals surface area (Å²) in [6.07, 6.45) is 7.29. The minimum atomic E-state index is -0.522. The highest BCUT2D eigenvalue weighted by Gasteiger charge is 2.43. The monoisotopic (exact) mass is 435 g/mol. The van der Waals surface area contributed by atoms with Crippen molar-refractivity contribution in [3.63, 3.8) is 0 Å². The Bertz CT molecular complexity index is 1020. The zero-order chi connectivity index (χ0) is 21.8.